The highest BCUT2D eigenvalue weighted by Crippen LogP contribution is 2.63. The van der Waals surface area contributed by atoms with Gasteiger partial charge in [0.15, 0.2) is 17.5 Å². The molecule has 3 nitrogen and oxygen atoms in total. The summed E-state index contributed by atoms with van der Waals surface area (Å²) in [6.45, 7) is 11.7. The Morgan fingerprint density at radius 2 is 0.793 bits per heavy atom. The van der Waals surface area contributed by atoms with Gasteiger partial charge in [0.1, 0.15) is 0 Å². The molecule has 0 unspecified atom stereocenters. The second-order valence-electron chi connectivity index (χ2n) is 17.9. The SMILES string of the molecule is Cc1cc(-c2ccc3c(c2)C(C)(C)CCC3(C)C)ccc1-c1nc(-c2ccccc2)nc(-c2ccc3c(c2)C2(c4ccccc4-c4ccccc42)c2ccccc2-3)n1. The first-order chi connectivity index (χ1) is 28.1. The lowest BCUT2D eigenvalue weighted by atomic mass is 9.63. The second-order valence-corrected chi connectivity index (χ2v) is 17.9. The monoisotopic (exact) mass is 747 g/mol. The van der Waals surface area contributed by atoms with E-state index in [1.807, 2.05) is 18.2 Å². The Morgan fingerprint density at radius 1 is 0.345 bits per heavy atom. The van der Waals surface area contributed by atoms with E-state index in [4.69, 9.17) is 15.0 Å². The first kappa shape index (κ1) is 34.8. The smallest absolute Gasteiger partial charge is 0.164 e. The highest BCUT2D eigenvalue weighted by Gasteiger charge is 2.51. The summed E-state index contributed by atoms with van der Waals surface area (Å²) >= 11 is 0. The van der Waals surface area contributed by atoms with Crippen LogP contribution in [0.4, 0.5) is 0 Å². The van der Waals surface area contributed by atoms with Crippen LogP contribution in [0.3, 0.4) is 0 Å². The molecule has 1 spiro atoms. The topological polar surface area (TPSA) is 38.7 Å². The zero-order valence-electron chi connectivity index (χ0n) is 33.8. The Kier molecular flexibility index (Phi) is 7.51. The predicted molar refractivity (Wildman–Crippen MR) is 238 cm³/mol. The van der Waals surface area contributed by atoms with Crippen LogP contribution in [0.2, 0.25) is 0 Å². The van der Waals surface area contributed by atoms with Crippen molar-refractivity contribution in [3.05, 3.63) is 197 Å². The molecule has 7 aromatic carbocycles. The van der Waals surface area contributed by atoms with Crippen LogP contribution in [0.5, 0.6) is 0 Å². The van der Waals surface area contributed by atoms with Gasteiger partial charge in [0, 0.05) is 16.7 Å². The molecule has 58 heavy (non-hydrogen) atoms. The summed E-state index contributed by atoms with van der Waals surface area (Å²) in [5.41, 5.74) is 19.7. The van der Waals surface area contributed by atoms with E-state index in [1.165, 1.54) is 79.6 Å². The third-order valence-electron chi connectivity index (χ3n) is 13.6. The maximum Gasteiger partial charge on any atom is 0.164 e. The van der Waals surface area contributed by atoms with Crippen molar-refractivity contribution in [1.29, 1.82) is 0 Å². The minimum atomic E-state index is -0.443. The number of aryl methyl sites for hydroxylation is 1. The van der Waals surface area contributed by atoms with Crippen molar-refractivity contribution in [3.63, 3.8) is 0 Å². The molecule has 0 bridgehead atoms. The lowest BCUT2D eigenvalue weighted by molar-refractivity contribution is 0.332. The van der Waals surface area contributed by atoms with E-state index in [0.29, 0.717) is 17.5 Å². The maximum absolute atomic E-state index is 5.31. The van der Waals surface area contributed by atoms with Crippen LogP contribution in [0, 0.1) is 6.92 Å². The standard InChI is InChI=1S/C55H45N3/c1-34-31-36(37-25-28-47-49(32-37)54(4,5)30-29-53(47,2)3)23-26-39(34)52-57-50(35-15-7-6-8-16-35)56-51(58-52)38-24-27-43-42-19-11-14-22-46(42)55(48(43)33-38)44-20-12-9-17-40(44)41-18-10-13-21-45(41)55/h6-28,31-33H,29-30H2,1-5H3. The van der Waals surface area contributed by atoms with E-state index >= 15 is 0 Å². The first-order valence-corrected chi connectivity index (χ1v) is 20.7. The molecule has 8 aromatic rings. The first-order valence-electron chi connectivity index (χ1n) is 20.7. The van der Waals surface area contributed by atoms with Crippen molar-refractivity contribution in [3.8, 4) is 67.5 Å². The molecular weight excluding hydrogens is 703 g/mol. The summed E-state index contributed by atoms with van der Waals surface area (Å²) in [5.74, 6) is 2.01. The molecule has 280 valence electrons. The van der Waals surface area contributed by atoms with Gasteiger partial charge in [0.25, 0.3) is 0 Å². The van der Waals surface area contributed by atoms with E-state index in [1.54, 1.807) is 0 Å². The third-order valence-corrected chi connectivity index (χ3v) is 13.6. The lowest BCUT2D eigenvalue weighted by Crippen LogP contribution is -2.33. The number of nitrogens with zero attached hydrogens (tertiary/aromatic N) is 3. The summed E-state index contributed by atoms with van der Waals surface area (Å²) in [6, 6.07) is 57.8. The number of benzene rings is 7. The van der Waals surface area contributed by atoms with Crippen LogP contribution in [0.1, 0.15) is 79.5 Å². The lowest BCUT2D eigenvalue weighted by Gasteiger charge is -2.42. The van der Waals surface area contributed by atoms with Crippen molar-refractivity contribution in [1.82, 2.24) is 15.0 Å². The van der Waals surface area contributed by atoms with Crippen molar-refractivity contribution in [2.24, 2.45) is 0 Å². The minimum Gasteiger partial charge on any atom is -0.208 e. The van der Waals surface area contributed by atoms with Gasteiger partial charge in [-0.25, -0.2) is 15.0 Å². The Bertz CT molecular complexity index is 2910. The summed E-state index contributed by atoms with van der Waals surface area (Å²) < 4.78 is 0. The highest BCUT2D eigenvalue weighted by molar-refractivity contribution is 5.95. The summed E-state index contributed by atoms with van der Waals surface area (Å²) in [6.07, 6.45) is 2.40. The van der Waals surface area contributed by atoms with Crippen LogP contribution in [0.25, 0.3) is 67.5 Å². The van der Waals surface area contributed by atoms with E-state index in [-0.39, 0.29) is 10.8 Å². The summed E-state index contributed by atoms with van der Waals surface area (Å²) in [5, 5.41) is 0. The molecule has 0 atom stereocenters. The fourth-order valence-electron chi connectivity index (χ4n) is 10.4. The van der Waals surface area contributed by atoms with Gasteiger partial charge in [-0.1, -0.05) is 179 Å². The molecule has 0 fully saturated rings. The molecule has 0 radical (unpaired) electrons. The number of fused-ring (bicyclic) bond motifs is 11. The molecule has 0 amide bonds. The van der Waals surface area contributed by atoms with Crippen molar-refractivity contribution in [2.45, 2.75) is 63.7 Å². The van der Waals surface area contributed by atoms with E-state index in [0.717, 1.165) is 22.3 Å². The third kappa shape index (κ3) is 5.02. The van der Waals surface area contributed by atoms with Gasteiger partial charge < -0.3 is 0 Å². The van der Waals surface area contributed by atoms with Crippen molar-refractivity contribution in [2.75, 3.05) is 0 Å². The summed E-state index contributed by atoms with van der Waals surface area (Å²) in [4.78, 5) is 15.7. The fourth-order valence-corrected chi connectivity index (χ4v) is 10.4. The number of rotatable bonds is 4. The Labute approximate surface area is 341 Å². The van der Waals surface area contributed by atoms with E-state index in [2.05, 4.69) is 174 Å². The van der Waals surface area contributed by atoms with Gasteiger partial charge in [-0.05, 0) is 109 Å². The molecule has 0 saturated heterocycles. The van der Waals surface area contributed by atoms with Crippen LogP contribution in [-0.4, -0.2) is 15.0 Å². The van der Waals surface area contributed by atoms with Gasteiger partial charge in [-0.15, -0.1) is 0 Å². The number of hydrogen-bond donors (Lipinski definition) is 0. The van der Waals surface area contributed by atoms with Gasteiger partial charge in [-0.3, -0.25) is 0 Å². The van der Waals surface area contributed by atoms with E-state index in [9.17, 15) is 0 Å². The fraction of sp³-hybridized carbons (Fsp3) is 0.182. The van der Waals surface area contributed by atoms with Crippen LogP contribution in [-0.2, 0) is 16.2 Å². The minimum absolute atomic E-state index is 0.148. The van der Waals surface area contributed by atoms with Crippen LogP contribution in [0.15, 0.2) is 158 Å². The van der Waals surface area contributed by atoms with Crippen LogP contribution >= 0.6 is 0 Å². The van der Waals surface area contributed by atoms with Gasteiger partial charge in [0.2, 0.25) is 0 Å². The van der Waals surface area contributed by atoms with Gasteiger partial charge in [-0.2, -0.15) is 0 Å². The average molecular weight is 748 g/mol. The summed E-state index contributed by atoms with van der Waals surface area (Å²) in [7, 11) is 0. The predicted octanol–water partition coefficient (Wildman–Crippen LogP) is 13.5. The van der Waals surface area contributed by atoms with Crippen molar-refractivity contribution >= 4 is 0 Å². The van der Waals surface area contributed by atoms with Gasteiger partial charge in [0.05, 0.1) is 5.41 Å². The Balaban J connectivity index is 1.07. The molecular formula is C55H45N3. The quantitative estimate of drug-likeness (QED) is 0.180. The number of hydrogen-bond acceptors (Lipinski definition) is 3. The Hall–Kier alpha value is -6.45. The maximum atomic E-state index is 5.31. The zero-order valence-corrected chi connectivity index (χ0v) is 33.8. The van der Waals surface area contributed by atoms with Crippen molar-refractivity contribution < 1.29 is 0 Å². The molecule has 1 heterocycles. The molecule has 0 N–H and O–H groups in total. The zero-order chi connectivity index (χ0) is 39.4. The molecule has 3 heteroatoms. The molecule has 3 aliphatic carbocycles. The molecule has 1 aromatic heterocycles. The largest absolute Gasteiger partial charge is 0.208 e. The highest BCUT2D eigenvalue weighted by atomic mass is 15.0. The molecule has 0 aliphatic heterocycles. The second kappa shape index (κ2) is 12.5. The number of aromatic nitrogens is 3. The molecule has 0 saturated carbocycles. The van der Waals surface area contributed by atoms with Crippen LogP contribution < -0.4 is 0 Å². The average Bonchev–Trinajstić information content (AvgIpc) is 3.72. The Morgan fingerprint density at radius 3 is 1.41 bits per heavy atom. The molecule has 11 rings (SSSR count). The van der Waals surface area contributed by atoms with Gasteiger partial charge >= 0.3 is 0 Å². The normalized spacial score (nSPS) is 15.9. The molecule has 3 aliphatic rings. The van der Waals surface area contributed by atoms with E-state index < -0.39 is 5.41 Å².